The van der Waals surface area contributed by atoms with Crippen molar-refractivity contribution in [1.29, 1.82) is 0 Å². The van der Waals surface area contributed by atoms with Gasteiger partial charge in [0, 0.05) is 37.0 Å². The Hall–Kier alpha value is -3.03. The molecule has 0 N–H and O–H groups in total. The zero-order valence-corrected chi connectivity index (χ0v) is 13.0. The molecule has 8 nitrogen and oxygen atoms in total. The zero-order valence-electron chi connectivity index (χ0n) is 13.0. The number of pyridine rings is 1. The van der Waals surface area contributed by atoms with Crippen LogP contribution in [0.5, 0.6) is 0 Å². The number of aryl methyl sites for hydroxylation is 1. The fourth-order valence-electron chi connectivity index (χ4n) is 2.82. The molecule has 1 saturated heterocycles. The van der Waals surface area contributed by atoms with E-state index >= 15 is 0 Å². The molecule has 0 bridgehead atoms. The molecule has 1 aliphatic heterocycles. The number of hydrogen-bond donors (Lipinski definition) is 0. The zero-order chi connectivity index (χ0) is 16.5. The van der Waals surface area contributed by atoms with E-state index < -0.39 is 0 Å². The molecular formula is C16H15N5O3. The van der Waals surface area contributed by atoms with Gasteiger partial charge in [0.2, 0.25) is 5.76 Å². The lowest BCUT2D eigenvalue weighted by atomic mass is 10.1. The van der Waals surface area contributed by atoms with Crippen molar-refractivity contribution in [3.8, 4) is 11.5 Å². The normalized spacial score (nSPS) is 17.4. The highest BCUT2D eigenvalue weighted by atomic mass is 16.5. The molecule has 1 atom stereocenters. The highest BCUT2D eigenvalue weighted by Crippen LogP contribution is 2.28. The van der Waals surface area contributed by atoms with E-state index in [1.165, 1.54) is 6.39 Å². The molecule has 4 rings (SSSR count). The molecule has 1 aliphatic rings. The molecule has 8 heteroatoms. The quantitative estimate of drug-likeness (QED) is 0.726. The molecule has 3 aromatic rings. The maximum absolute atomic E-state index is 12.5. The third kappa shape index (κ3) is 2.55. The third-order valence-electron chi connectivity index (χ3n) is 4.15. The minimum Gasteiger partial charge on any atom is -0.438 e. The van der Waals surface area contributed by atoms with Crippen molar-refractivity contribution in [1.82, 2.24) is 25.0 Å². The van der Waals surface area contributed by atoms with E-state index in [4.69, 9.17) is 8.94 Å². The summed E-state index contributed by atoms with van der Waals surface area (Å²) in [5, 5.41) is 4.07. The van der Waals surface area contributed by atoms with Crippen LogP contribution in [0.25, 0.3) is 11.5 Å². The van der Waals surface area contributed by atoms with Gasteiger partial charge in [-0.15, -0.1) is 0 Å². The second-order valence-corrected chi connectivity index (χ2v) is 5.70. The first kappa shape index (κ1) is 14.6. The van der Waals surface area contributed by atoms with Crippen LogP contribution in [0.3, 0.4) is 0 Å². The van der Waals surface area contributed by atoms with Gasteiger partial charge in [0.25, 0.3) is 11.8 Å². The van der Waals surface area contributed by atoms with Gasteiger partial charge in [-0.3, -0.25) is 9.78 Å². The second-order valence-electron chi connectivity index (χ2n) is 5.70. The molecule has 0 spiro atoms. The molecule has 24 heavy (non-hydrogen) atoms. The van der Waals surface area contributed by atoms with Gasteiger partial charge in [0.1, 0.15) is 0 Å². The van der Waals surface area contributed by atoms with Crippen molar-refractivity contribution >= 4 is 5.91 Å². The Kier molecular flexibility index (Phi) is 3.56. The molecule has 0 radical (unpaired) electrons. The van der Waals surface area contributed by atoms with Crippen molar-refractivity contribution in [3.05, 3.63) is 48.2 Å². The summed E-state index contributed by atoms with van der Waals surface area (Å²) >= 11 is 0. The number of rotatable bonds is 3. The highest BCUT2D eigenvalue weighted by molar-refractivity contribution is 5.92. The van der Waals surface area contributed by atoms with Gasteiger partial charge >= 0.3 is 0 Å². The van der Waals surface area contributed by atoms with Crippen LogP contribution in [0.4, 0.5) is 0 Å². The summed E-state index contributed by atoms with van der Waals surface area (Å²) in [5.74, 6) is 1.28. The van der Waals surface area contributed by atoms with Crippen LogP contribution in [0.15, 0.2) is 39.9 Å². The Morgan fingerprint density at radius 2 is 2.17 bits per heavy atom. The summed E-state index contributed by atoms with van der Waals surface area (Å²) in [4.78, 5) is 26.6. The summed E-state index contributed by atoms with van der Waals surface area (Å²) < 4.78 is 10.5. The SMILES string of the molecule is Cc1ncoc1C(=O)N1CCC(c2noc(-c3ccncc3)n2)C1. The number of aromatic nitrogens is 4. The van der Waals surface area contributed by atoms with E-state index in [1.54, 1.807) is 24.2 Å². The number of carbonyl (C=O) groups is 1. The summed E-state index contributed by atoms with van der Waals surface area (Å²) in [7, 11) is 0. The number of oxazole rings is 1. The van der Waals surface area contributed by atoms with Crippen molar-refractivity contribution in [3.63, 3.8) is 0 Å². The summed E-state index contributed by atoms with van der Waals surface area (Å²) in [6.45, 7) is 2.92. The largest absolute Gasteiger partial charge is 0.438 e. The predicted octanol–water partition coefficient (Wildman–Crippen LogP) is 2.06. The standard InChI is InChI=1S/C16H15N5O3/c1-10-13(23-9-18-10)16(22)21-7-4-12(8-21)14-19-15(24-20-14)11-2-5-17-6-3-11/h2-3,5-6,9,12H,4,7-8H2,1H3. The molecule has 1 fully saturated rings. The van der Waals surface area contributed by atoms with Crippen LogP contribution in [-0.2, 0) is 0 Å². The van der Waals surface area contributed by atoms with E-state index in [2.05, 4.69) is 20.1 Å². The van der Waals surface area contributed by atoms with E-state index in [-0.39, 0.29) is 11.8 Å². The van der Waals surface area contributed by atoms with Gasteiger partial charge in [0.05, 0.1) is 5.69 Å². The van der Waals surface area contributed by atoms with Crippen molar-refractivity contribution in [2.24, 2.45) is 0 Å². The van der Waals surface area contributed by atoms with E-state index in [9.17, 15) is 4.79 Å². The smallest absolute Gasteiger partial charge is 0.291 e. The number of carbonyl (C=O) groups excluding carboxylic acids is 1. The van der Waals surface area contributed by atoms with E-state index in [1.807, 2.05) is 12.1 Å². The van der Waals surface area contributed by atoms with Crippen molar-refractivity contribution < 1.29 is 13.7 Å². The van der Waals surface area contributed by atoms with Crippen molar-refractivity contribution in [2.75, 3.05) is 13.1 Å². The molecule has 0 saturated carbocycles. The molecule has 4 heterocycles. The second kappa shape index (κ2) is 5.88. The topological polar surface area (TPSA) is 98.2 Å². The number of nitrogens with zero attached hydrogens (tertiary/aromatic N) is 5. The molecule has 0 aromatic carbocycles. The van der Waals surface area contributed by atoms with Gasteiger partial charge < -0.3 is 13.8 Å². The first-order valence-electron chi connectivity index (χ1n) is 7.65. The lowest BCUT2D eigenvalue weighted by molar-refractivity contribution is 0.0758. The molecule has 1 amide bonds. The van der Waals surface area contributed by atoms with Gasteiger partial charge in [-0.2, -0.15) is 4.98 Å². The minimum atomic E-state index is -0.148. The van der Waals surface area contributed by atoms with Crippen molar-refractivity contribution in [2.45, 2.75) is 19.3 Å². The van der Waals surface area contributed by atoms with E-state index in [0.29, 0.717) is 36.3 Å². The maximum atomic E-state index is 12.5. The molecule has 122 valence electrons. The average molecular weight is 325 g/mol. The predicted molar refractivity (Wildman–Crippen MR) is 82.0 cm³/mol. The van der Waals surface area contributed by atoms with Crippen LogP contribution < -0.4 is 0 Å². The Bertz CT molecular complexity index is 857. The third-order valence-corrected chi connectivity index (χ3v) is 4.15. The summed E-state index contributed by atoms with van der Waals surface area (Å²) in [6.07, 6.45) is 5.42. The number of amides is 1. The van der Waals surface area contributed by atoms with E-state index in [0.717, 1.165) is 12.0 Å². The summed E-state index contributed by atoms with van der Waals surface area (Å²) in [5.41, 5.74) is 1.43. The Morgan fingerprint density at radius 1 is 1.33 bits per heavy atom. The fraction of sp³-hybridized carbons (Fsp3) is 0.312. The van der Waals surface area contributed by atoms with Crippen LogP contribution in [0, 0.1) is 6.92 Å². The van der Waals surface area contributed by atoms with Crippen LogP contribution in [0.1, 0.15) is 34.4 Å². The van der Waals surface area contributed by atoms with Crippen LogP contribution in [-0.4, -0.2) is 44.0 Å². The lowest BCUT2D eigenvalue weighted by Crippen LogP contribution is -2.28. The molecule has 3 aromatic heterocycles. The Balaban J connectivity index is 1.49. The van der Waals surface area contributed by atoms with Gasteiger partial charge in [-0.1, -0.05) is 5.16 Å². The highest BCUT2D eigenvalue weighted by Gasteiger charge is 2.33. The first-order chi connectivity index (χ1) is 11.7. The lowest BCUT2D eigenvalue weighted by Gasteiger charge is -2.14. The number of likely N-dealkylation sites (tertiary alicyclic amines) is 1. The minimum absolute atomic E-state index is 0.0523. The van der Waals surface area contributed by atoms with Gasteiger partial charge in [-0.25, -0.2) is 4.98 Å². The molecule has 1 unspecified atom stereocenters. The van der Waals surface area contributed by atoms with Gasteiger partial charge in [-0.05, 0) is 25.5 Å². The van der Waals surface area contributed by atoms with Crippen LogP contribution in [0.2, 0.25) is 0 Å². The monoisotopic (exact) mass is 325 g/mol. The van der Waals surface area contributed by atoms with Gasteiger partial charge in [0.15, 0.2) is 12.2 Å². The Morgan fingerprint density at radius 3 is 2.92 bits per heavy atom. The average Bonchev–Trinajstić information content (AvgIpc) is 3.35. The fourth-order valence-corrected chi connectivity index (χ4v) is 2.82. The van der Waals surface area contributed by atoms with Crippen LogP contribution >= 0.6 is 0 Å². The maximum Gasteiger partial charge on any atom is 0.291 e. The Labute approximate surface area is 137 Å². The molecule has 0 aliphatic carbocycles. The summed E-state index contributed by atoms with van der Waals surface area (Å²) in [6, 6.07) is 3.63. The number of hydrogen-bond acceptors (Lipinski definition) is 7. The molecular weight excluding hydrogens is 310 g/mol. The first-order valence-corrected chi connectivity index (χ1v) is 7.65.